The van der Waals surface area contributed by atoms with E-state index in [4.69, 9.17) is 28.1 Å². The molecule has 0 saturated carbocycles. The van der Waals surface area contributed by atoms with Gasteiger partial charge >= 0.3 is 10.2 Å². The number of nitrogens with one attached hydrogen (secondary N) is 1. The van der Waals surface area contributed by atoms with Gasteiger partial charge in [0.25, 0.3) is 5.91 Å². The van der Waals surface area contributed by atoms with Crippen LogP contribution in [0.4, 0.5) is 29.2 Å². The first-order valence-corrected chi connectivity index (χ1v) is 15.2. The van der Waals surface area contributed by atoms with Crippen LogP contribution in [0.25, 0.3) is 0 Å². The third-order valence-electron chi connectivity index (χ3n) is 7.12. The molecule has 2 fully saturated rings. The van der Waals surface area contributed by atoms with Crippen LogP contribution in [0.1, 0.15) is 23.2 Å². The lowest BCUT2D eigenvalue weighted by Gasteiger charge is -2.37. The smallest absolute Gasteiger partial charge is 0.305 e. The van der Waals surface area contributed by atoms with Crippen LogP contribution < -0.4 is 47.5 Å². The van der Waals surface area contributed by atoms with Gasteiger partial charge in [0.2, 0.25) is 17.8 Å². The molecule has 0 spiro atoms. The average Bonchev–Trinajstić information content (AvgIpc) is 2.92. The number of para-hydroxylation sites is 1. The number of piperidine rings is 2. The first-order chi connectivity index (χ1) is 20.4. The van der Waals surface area contributed by atoms with Gasteiger partial charge in [-0.1, -0.05) is 18.2 Å². The number of aromatic nitrogens is 3. The maximum Gasteiger partial charge on any atom is 0.305 e. The lowest BCUT2D eigenvalue weighted by molar-refractivity contribution is 0.100. The van der Waals surface area contributed by atoms with Gasteiger partial charge in [-0.3, -0.25) is 4.79 Å². The van der Waals surface area contributed by atoms with E-state index in [-0.39, 0.29) is 41.4 Å². The zero-order valence-corrected chi connectivity index (χ0v) is 24.1. The number of hydrogen-bond acceptors (Lipinski definition) is 14. The summed E-state index contributed by atoms with van der Waals surface area (Å²) in [6, 6.07) is 11.0. The molecule has 2 aromatic carbocycles. The largest absolute Gasteiger partial charge is 0.507 e. The van der Waals surface area contributed by atoms with Crippen LogP contribution in [0.3, 0.4) is 0 Å². The van der Waals surface area contributed by atoms with Crippen molar-refractivity contribution < 1.29 is 18.3 Å². The van der Waals surface area contributed by atoms with E-state index in [9.17, 15) is 18.3 Å². The fraction of sp³-hybridized carbons (Fsp3) is 0.385. The Bertz CT molecular complexity index is 1510. The number of carbonyl (C=O) groups is 1. The Kier molecular flexibility index (Phi) is 8.63. The summed E-state index contributed by atoms with van der Waals surface area (Å²) in [5.74, 6) is -0.663. The van der Waals surface area contributed by atoms with Gasteiger partial charge in [0.05, 0.1) is 11.3 Å². The van der Waals surface area contributed by atoms with Crippen molar-refractivity contribution in [2.45, 2.75) is 37.0 Å². The molecule has 3 heterocycles. The highest BCUT2D eigenvalue weighted by atomic mass is 32.2. The van der Waals surface area contributed by atoms with Crippen molar-refractivity contribution in [1.82, 2.24) is 15.0 Å². The first kappa shape index (κ1) is 30.3. The fourth-order valence-electron chi connectivity index (χ4n) is 5.35. The molecule has 0 bridgehead atoms. The lowest BCUT2D eigenvalue weighted by Crippen LogP contribution is -2.54. The minimum absolute atomic E-state index is 0.0242. The lowest BCUT2D eigenvalue weighted by atomic mass is 10.0. The van der Waals surface area contributed by atoms with Crippen LogP contribution in [-0.2, 0) is 10.2 Å². The summed E-state index contributed by atoms with van der Waals surface area (Å²) in [6.45, 7) is 1.98. The number of benzene rings is 2. The summed E-state index contributed by atoms with van der Waals surface area (Å²) in [7, 11) is -4.50. The molecule has 4 unspecified atom stereocenters. The average molecular weight is 613 g/mol. The Morgan fingerprint density at radius 1 is 0.837 bits per heavy atom. The molecule has 12 N–H and O–H groups in total. The third-order valence-corrected chi connectivity index (χ3v) is 8.01. The number of anilines is 5. The molecule has 2 aliphatic rings. The third kappa shape index (κ3) is 7.10. The summed E-state index contributed by atoms with van der Waals surface area (Å²) >= 11 is 0. The number of phenolic OH excluding ortho intramolecular Hbond substituents is 1. The summed E-state index contributed by atoms with van der Waals surface area (Å²) in [6.07, 6.45) is 1.35. The SMILES string of the molecule is NC1CC(N)CN(c2nc(Nc3ccc(C(=O)N(c4ccccc4)S(N)(=O)=O)c(O)c3)nc(N3CC(N)CC(N)C3)n2)C1. The molecule has 2 saturated heterocycles. The summed E-state index contributed by atoms with van der Waals surface area (Å²) in [4.78, 5) is 30.9. The molecule has 43 heavy (non-hydrogen) atoms. The van der Waals surface area contributed by atoms with E-state index in [2.05, 4.69) is 20.3 Å². The topological polar surface area (TPSA) is 262 Å². The minimum atomic E-state index is -4.50. The molecule has 230 valence electrons. The Morgan fingerprint density at radius 2 is 1.35 bits per heavy atom. The normalized spacial score (nSPS) is 22.7. The molecule has 1 aromatic heterocycles. The highest BCUT2D eigenvalue weighted by molar-refractivity contribution is 7.91. The van der Waals surface area contributed by atoms with E-state index in [0.717, 1.165) is 0 Å². The quantitative estimate of drug-likeness (QED) is 0.167. The van der Waals surface area contributed by atoms with E-state index in [1.54, 1.807) is 18.2 Å². The zero-order valence-electron chi connectivity index (χ0n) is 23.3. The first-order valence-electron chi connectivity index (χ1n) is 13.7. The fourth-order valence-corrected chi connectivity index (χ4v) is 6.09. The van der Waals surface area contributed by atoms with Crippen molar-refractivity contribution >= 4 is 45.3 Å². The molecule has 5 rings (SSSR count). The molecule has 1 amide bonds. The number of amides is 1. The Labute approximate surface area is 249 Å². The van der Waals surface area contributed by atoms with Crippen LogP contribution in [0, 0.1) is 0 Å². The predicted molar refractivity (Wildman–Crippen MR) is 163 cm³/mol. The Hall–Kier alpha value is -4.13. The monoisotopic (exact) mass is 612 g/mol. The molecular weight excluding hydrogens is 576 g/mol. The van der Waals surface area contributed by atoms with Crippen molar-refractivity contribution in [2.24, 2.45) is 28.1 Å². The standard InChI is InChI=1S/C26H36N12O4S/c27-15-8-16(28)12-36(11-15)25-33-24(34-26(35-25)37-13-17(29)9-18(30)14-37)32-19-6-7-21(22(39)10-19)23(40)38(43(31,41)42)20-4-2-1-3-5-20/h1-7,10,15-18,39H,8-9,11-14,27-30H2,(H2,31,41,42)(H,32,33,34,35). The van der Waals surface area contributed by atoms with Gasteiger partial charge < -0.3 is 43.2 Å². The maximum atomic E-state index is 13.2. The second-order valence-corrected chi connectivity index (χ2v) is 12.3. The highest BCUT2D eigenvalue weighted by Gasteiger charge is 2.30. The van der Waals surface area contributed by atoms with Crippen LogP contribution in [0.2, 0.25) is 0 Å². The number of aromatic hydroxyl groups is 1. The minimum Gasteiger partial charge on any atom is -0.507 e. The maximum absolute atomic E-state index is 13.2. The Balaban J connectivity index is 1.46. The van der Waals surface area contributed by atoms with Crippen LogP contribution in [0.15, 0.2) is 48.5 Å². The van der Waals surface area contributed by atoms with Gasteiger partial charge in [-0.2, -0.15) is 27.7 Å². The van der Waals surface area contributed by atoms with Gasteiger partial charge in [0.15, 0.2) is 0 Å². The molecule has 17 heteroatoms. The predicted octanol–water partition coefficient (Wildman–Crippen LogP) is -1.10. The highest BCUT2D eigenvalue weighted by Crippen LogP contribution is 2.29. The van der Waals surface area contributed by atoms with Crippen molar-refractivity contribution in [3.05, 3.63) is 54.1 Å². The van der Waals surface area contributed by atoms with Crippen LogP contribution >= 0.6 is 0 Å². The van der Waals surface area contributed by atoms with Crippen molar-refractivity contribution in [1.29, 1.82) is 0 Å². The van der Waals surface area contributed by atoms with E-state index < -0.39 is 21.9 Å². The summed E-state index contributed by atoms with van der Waals surface area (Å²) in [5, 5.41) is 19.2. The molecule has 0 radical (unpaired) electrons. The molecular formula is C26H36N12O4S. The number of rotatable bonds is 7. The van der Waals surface area contributed by atoms with E-state index in [1.165, 1.54) is 30.3 Å². The number of nitrogens with two attached hydrogens (primary N) is 5. The molecule has 0 aliphatic carbocycles. The Morgan fingerprint density at radius 3 is 1.81 bits per heavy atom. The van der Waals surface area contributed by atoms with Gasteiger partial charge in [-0.05, 0) is 37.1 Å². The molecule has 2 aliphatic heterocycles. The summed E-state index contributed by atoms with van der Waals surface area (Å²) in [5.41, 5.74) is 24.9. The summed E-state index contributed by atoms with van der Waals surface area (Å²) < 4.78 is 25.0. The molecule has 4 atom stereocenters. The second kappa shape index (κ2) is 12.2. The van der Waals surface area contributed by atoms with E-state index in [0.29, 0.717) is 60.9 Å². The number of nitrogens with zero attached hydrogens (tertiary/aromatic N) is 6. The second-order valence-electron chi connectivity index (χ2n) is 10.9. The van der Waals surface area contributed by atoms with E-state index in [1.807, 2.05) is 9.80 Å². The van der Waals surface area contributed by atoms with Crippen LogP contribution in [0.5, 0.6) is 5.75 Å². The van der Waals surface area contributed by atoms with Crippen molar-refractivity contribution in [3.8, 4) is 5.75 Å². The van der Waals surface area contributed by atoms with Gasteiger partial charge in [0.1, 0.15) is 5.75 Å². The van der Waals surface area contributed by atoms with Gasteiger partial charge in [-0.15, -0.1) is 0 Å². The van der Waals surface area contributed by atoms with Gasteiger partial charge in [0, 0.05) is 62.1 Å². The number of carbonyl (C=O) groups excluding carboxylic acids is 1. The zero-order chi connectivity index (χ0) is 30.9. The van der Waals surface area contributed by atoms with E-state index >= 15 is 0 Å². The van der Waals surface area contributed by atoms with Gasteiger partial charge in [-0.25, -0.2) is 5.14 Å². The van der Waals surface area contributed by atoms with Crippen molar-refractivity contribution in [2.75, 3.05) is 45.6 Å². The number of hydrogen-bond donors (Lipinski definition) is 7. The molecule has 3 aromatic rings. The number of phenols is 1. The van der Waals surface area contributed by atoms with Crippen LogP contribution in [-0.4, -0.2) is 84.7 Å². The molecule has 16 nitrogen and oxygen atoms in total. The van der Waals surface area contributed by atoms with Crippen molar-refractivity contribution in [3.63, 3.8) is 0 Å².